The van der Waals surface area contributed by atoms with Crippen LogP contribution < -0.4 is 0 Å². The number of esters is 4. The second-order valence-corrected chi connectivity index (χ2v) is 6.33. The van der Waals surface area contributed by atoms with E-state index in [1.807, 2.05) is 0 Å². The van der Waals surface area contributed by atoms with E-state index in [9.17, 15) is 19.2 Å². The zero-order valence-corrected chi connectivity index (χ0v) is 17.0. The van der Waals surface area contributed by atoms with E-state index in [-0.39, 0.29) is 13.0 Å². The highest BCUT2D eigenvalue weighted by molar-refractivity contribution is 5.68. The quantitative estimate of drug-likeness (QED) is 0.381. The molecule has 0 saturated heterocycles. The third kappa shape index (κ3) is 10.5. The molecule has 9 nitrogen and oxygen atoms in total. The maximum Gasteiger partial charge on any atom is 0.303 e. The Hall–Kier alpha value is -2.16. The lowest BCUT2D eigenvalue weighted by Gasteiger charge is -2.33. The molecule has 0 aromatic rings. The summed E-state index contributed by atoms with van der Waals surface area (Å²) in [6, 6.07) is 0. The third-order valence-corrected chi connectivity index (χ3v) is 3.77. The molecule has 0 fully saturated rings. The molecular weight excluding hydrogens is 360 g/mol. The molecule has 0 saturated carbocycles. The SMILES string of the molecule is COC(C)[C@@H](C[C@@H](OC(C)=O)C(OC(C)=O)C(C)COC(C)=O)OC(C)=O. The molecule has 3 unspecified atom stereocenters. The Bertz CT molecular complexity index is 517. The van der Waals surface area contributed by atoms with Crippen molar-refractivity contribution < 1.29 is 42.9 Å². The van der Waals surface area contributed by atoms with Crippen LogP contribution in [0.15, 0.2) is 0 Å². The Balaban J connectivity index is 5.60. The monoisotopic (exact) mass is 390 g/mol. The summed E-state index contributed by atoms with van der Waals surface area (Å²) < 4.78 is 26.2. The fourth-order valence-corrected chi connectivity index (χ4v) is 2.49. The molecule has 0 spiro atoms. The number of hydrogen-bond donors (Lipinski definition) is 0. The molecule has 0 heterocycles. The average molecular weight is 390 g/mol. The van der Waals surface area contributed by atoms with Gasteiger partial charge in [0, 0.05) is 47.1 Å². The van der Waals surface area contributed by atoms with E-state index < -0.39 is 54.2 Å². The van der Waals surface area contributed by atoms with Gasteiger partial charge in [-0.3, -0.25) is 19.2 Å². The van der Waals surface area contributed by atoms with Crippen molar-refractivity contribution in [3.8, 4) is 0 Å². The normalized spacial score (nSPS) is 16.3. The zero-order valence-electron chi connectivity index (χ0n) is 17.0. The molecule has 0 aliphatic heterocycles. The van der Waals surface area contributed by atoms with Crippen LogP contribution in [0.3, 0.4) is 0 Å². The summed E-state index contributed by atoms with van der Waals surface area (Å²) in [4.78, 5) is 45.6. The first-order valence-electron chi connectivity index (χ1n) is 8.65. The molecule has 0 N–H and O–H groups in total. The molecule has 9 heteroatoms. The predicted octanol–water partition coefficient (Wildman–Crippen LogP) is 1.41. The van der Waals surface area contributed by atoms with Gasteiger partial charge in [0.25, 0.3) is 0 Å². The number of hydrogen-bond acceptors (Lipinski definition) is 9. The van der Waals surface area contributed by atoms with Crippen LogP contribution >= 0.6 is 0 Å². The summed E-state index contributed by atoms with van der Waals surface area (Å²) in [5.74, 6) is -2.67. The Kier molecular flexibility index (Phi) is 11.3. The maximum absolute atomic E-state index is 11.6. The van der Waals surface area contributed by atoms with Crippen molar-refractivity contribution in [3.05, 3.63) is 0 Å². The average Bonchev–Trinajstić information content (AvgIpc) is 2.54. The molecule has 0 rings (SSSR count). The van der Waals surface area contributed by atoms with Crippen LogP contribution in [0.5, 0.6) is 0 Å². The van der Waals surface area contributed by atoms with E-state index in [1.165, 1.54) is 34.8 Å². The fraction of sp³-hybridized carbons (Fsp3) is 0.778. The summed E-state index contributed by atoms with van der Waals surface area (Å²) in [6.07, 6.45) is -3.03. The van der Waals surface area contributed by atoms with Gasteiger partial charge in [-0.2, -0.15) is 0 Å². The Morgan fingerprint density at radius 3 is 1.63 bits per heavy atom. The van der Waals surface area contributed by atoms with Crippen molar-refractivity contribution >= 4 is 23.9 Å². The van der Waals surface area contributed by atoms with Crippen LogP contribution in [0.2, 0.25) is 0 Å². The van der Waals surface area contributed by atoms with Gasteiger partial charge in [0.15, 0.2) is 0 Å². The summed E-state index contributed by atoms with van der Waals surface area (Å²) in [7, 11) is 1.45. The topological polar surface area (TPSA) is 114 Å². The fourth-order valence-electron chi connectivity index (χ4n) is 2.49. The minimum absolute atomic E-state index is 0.0382. The Morgan fingerprint density at radius 1 is 0.741 bits per heavy atom. The molecular formula is C18H30O9. The zero-order chi connectivity index (χ0) is 21.1. The van der Waals surface area contributed by atoms with E-state index in [0.717, 1.165) is 0 Å². The standard InChI is InChI=1S/C18H30O9/c1-10(9-24-12(3)19)18(27-15(6)22)17(26-14(5)21)8-16(11(2)23-7)25-13(4)20/h10-11,16-18H,8-9H2,1-7H3/t10?,11?,16-,17-,18?/m1/s1. The van der Waals surface area contributed by atoms with Gasteiger partial charge < -0.3 is 23.7 Å². The molecule has 0 aliphatic rings. The van der Waals surface area contributed by atoms with Gasteiger partial charge in [-0.1, -0.05) is 6.92 Å². The minimum atomic E-state index is -0.932. The maximum atomic E-state index is 11.6. The highest BCUT2D eigenvalue weighted by Crippen LogP contribution is 2.23. The van der Waals surface area contributed by atoms with Crippen molar-refractivity contribution in [2.75, 3.05) is 13.7 Å². The lowest BCUT2D eigenvalue weighted by molar-refractivity contribution is -0.180. The van der Waals surface area contributed by atoms with E-state index in [0.29, 0.717) is 0 Å². The van der Waals surface area contributed by atoms with Gasteiger partial charge in [-0.15, -0.1) is 0 Å². The highest BCUT2D eigenvalue weighted by atomic mass is 16.6. The van der Waals surface area contributed by atoms with E-state index in [4.69, 9.17) is 23.7 Å². The first-order chi connectivity index (χ1) is 12.5. The van der Waals surface area contributed by atoms with Crippen molar-refractivity contribution in [1.82, 2.24) is 0 Å². The van der Waals surface area contributed by atoms with Crippen LogP contribution in [-0.4, -0.2) is 62.0 Å². The Labute approximate surface area is 159 Å². The highest BCUT2D eigenvalue weighted by Gasteiger charge is 2.37. The summed E-state index contributed by atoms with van der Waals surface area (Å²) in [5.41, 5.74) is 0. The molecule has 5 atom stereocenters. The number of carbonyl (C=O) groups excluding carboxylic acids is 4. The molecule has 0 aromatic heterocycles. The van der Waals surface area contributed by atoms with E-state index in [2.05, 4.69) is 0 Å². The van der Waals surface area contributed by atoms with Crippen molar-refractivity contribution in [2.45, 2.75) is 72.4 Å². The lowest BCUT2D eigenvalue weighted by Crippen LogP contribution is -2.45. The molecule has 0 radical (unpaired) electrons. The van der Waals surface area contributed by atoms with Crippen LogP contribution in [0.25, 0.3) is 0 Å². The van der Waals surface area contributed by atoms with Crippen LogP contribution in [-0.2, 0) is 42.9 Å². The second-order valence-electron chi connectivity index (χ2n) is 6.33. The van der Waals surface area contributed by atoms with E-state index in [1.54, 1.807) is 13.8 Å². The van der Waals surface area contributed by atoms with Crippen LogP contribution in [0.1, 0.15) is 48.0 Å². The van der Waals surface area contributed by atoms with Gasteiger partial charge in [0.2, 0.25) is 0 Å². The number of rotatable bonds is 11. The van der Waals surface area contributed by atoms with E-state index >= 15 is 0 Å². The van der Waals surface area contributed by atoms with Crippen LogP contribution in [0, 0.1) is 5.92 Å². The predicted molar refractivity (Wildman–Crippen MR) is 93.5 cm³/mol. The van der Waals surface area contributed by atoms with Gasteiger partial charge in [0.05, 0.1) is 12.7 Å². The largest absolute Gasteiger partial charge is 0.465 e. The van der Waals surface area contributed by atoms with Crippen molar-refractivity contribution in [1.29, 1.82) is 0 Å². The molecule has 0 bridgehead atoms. The number of methoxy groups -OCH3 is 1. The first-order valence-corrected chi connectivity index (χ1v) is 8.65. The smallest absolute Gasteiger partial charge is 0.303 e. The summed E-state index contributed by atoms with van der Waals surface area (Å²) in [5, 5.41) is 0. The van der Waals surface area contributed by atoms with Crippen molar-refractivity contribution in [2.24, 2.45) is 5.92 Å². The van der Waals surface area contributed by atoms with Gasteiger partial charge in [-0.25, -0.2) is 0 Å². The third-order valence-electron chi connectivity index (χ3n) is 3.77. The minimum Gasteiger partial charge on any atom is -0.465 e. The number of carbonyl (C=O) groups is 4. The Morgan fingerprint density at radius 2 is 1.22 bits per heavy atom. The van der Waals surface area contributed by atoms with Gasteiger partial charge >= 0.3 is 23.9 Å². The van der Waals surface area contributed by atoms with Gasteiger partial charge in [-0.05, 0) is 6.92 Å². The second kappa shape index (κ2) is 12.3. The molecule has 156 valence electrons. The summed E-state index contributed by atoms with van der Waals surface area (Å²) >= 11 is 0. The molecule has 0 aliphatic carbocycles. The first kappa shape index (κ1) is 24.8. The molecule has 0 aromatic carbocycles. The molecule has 0 amide bonds. The van der Waals surface area contributed by atoms with Crippen molar-refractivity contribution in [3.63, 3.8) is 0 Å². The lowest BCUT2D eigenvalue weighted by atomic mass is 9.94. The van der Waals surface area contributed by atoms with Crippen LogP contribution in [0.4, 0.5) is 0 Å². The van der Waals surface area contributed by atoms with Gasteiger partial charge in [0.1, 0.15) is 18.3 Å². The number of ether oxygens (including phenoxy) is 5. The molecule has 27 heavy (non-hydrogen) atoms. The summed E-state index contributed by atoms with van der Waals surface area (Å²) in [6.45, 7) is 8.29.